The van der Waals surface area contributed by atoms with Crippen LogP contribution in [0.3, 0.4) is 0 Å². The predicted octanol–water partition coefficient (Wildman–Crippen LogP) is 4.00. The summed E-state index contributed by atoms with van der Waals surface area (Å²) in [6.07, 6.45) is 1.95. The van der Waals surface area contributed by atoms with Gasteiger partial charge in [-0.15, -0.1) is 4.83 Å². The second-order valence-corrected chi connectivity index (χ2v) is 11.4. The van der Waals surface area contributed by atoms with Gasteiger partial charge in [0.25, 0.3) is 0 Å². The standard InChI is InChI=1S/C25H25F3N4O3S2/c26-19-3-1-17(2-4-19)13-18-15-36-16-21-23(7-12-37(33,34)30-31-8-10-35-11-9-31)29-32(25(18)21)24-6-5-20(27)14-22(24)28/h1-7,12,14,18,30H,8-11,13,15-16H2. The first-order valence-electron chi connectivity index (χ1n) is 11.7. The smallest absolute Gasteiger partial charge is 0.246 e. The number of hydrogen-bond donors (Lipinski definition) is 1. The summed E-state index contributed by atoms with van der Waals surface area (Å²) in [7, 11) is -3.82. The molecule has 37 heavy (non-hydrogen) atoms. The Bertz CT molecular complexity index is 1410. The SMILES string of the molecule is O=S(=O)(C=Cc1nn(-c2ccc(F)cc2F)c2c1CSCC2Cc1ccc(F)cc1)NN1CCOCC1. The van der Waals surface area contributed by atoms with E-state index in [1.54, 1.807) is 28.9 Å². The van der Waals surface area contributed by atoms with Crippen LogP contribution in [-0.2, 0) is 26.9 Å². The van der Waals surface area contributed by atoms with E-state index in [1.807, 2.05) is 0 Å². The van der Waals surface area contributed by atoms with E-state index < -0.39 is 21.7 Å². The van der Waals surface area contributed by atoms with E-state index in [0.717, 1.165) is 34.4 Å². The van der Waals surface area contributed by atoms with Gasteiger partial charge in [0.2, 0.25) is 10.0 Å². The van der Waals surface area contributed by atoms with Gasteiger partial charge in [0, 0.05) is 47.6 Å². The van der Waals surface area contributed by atoms with Gasteiger partial charge in [-0.3, -0.25) is 0 Å². The van der Waals surface area contributed by atoms with Crippen LogP contribution in [0, 0.1) is 17.5 Å². The Balaban J connectivity index is 1.52. The first kappa shape index (κ1) is 26.0. The van der Waals surface area contributed by atoms with Crippen molar-refractivity contribution in [3.8, 4) is 5.69 Å². The third-order valence-electron chi connectivity index (χ3n) is 6.21. The number of rotatable bonds is 7. The van der Waals surface area contributed by atoms with Gasteiger partial charge in [-0.05, 0) is 42.3 Å². The Labute approximate surface area is 217 Å². The van der Waals surface area contributed by atoms with E-state index in [1.165, 1.54) is 29.0 Å². The van der Waals surface area contributed by atoms with Crippen molar-refractivity contribution in [1.82, 2.24) is 19.6 Å². The quantitative estimate of drug-likeness (QED) is 0.480. The Hall–Kier alpha value is -2.64. The minimum absolute atomic E-state index is 0.0719. The van der Waals surface area contributed by atoms with Crippen LogP contribution in [0.25, 0.3) is 11.8 Å². The van der Waals surface area contributed by atoms with Crippen LogP contribution >= 0.6 is 11.8 Å². The van der Waals surface area contributed by atoms with Gasteiger partial charge >= 0.3 is 0 Å². The summed E-state index contributed by atoms with van der Waals surface area (Å²) in [6, 6.07) is 9.47. The van der Waals surface area contributed by atoms with Crippen molar-refractivity contribution >= 4 is 27.9 Å². The van der Waals surface area contributed by atoms with E-state index in [2.05, 4.69) is 9.93 Å². The number of morpholine rings is 1. The van der Waals surface area contributed by atoms with E-state index in [0.29, 0.717) is 49.9 Å². The van der Waals surface area contributed by atoms with Crippen molar-refractivity contribution in [1.29, 1.82) is 0 Å². The molecule has 0 aliphatic carbocycles. The van der Waals surface area contributed by atoms with Crippen LogP contribution in [-0.4, -0.2) is 55.3 Å². The lowest BCUT2D eigenvalue weighted by atomic mass is 9.94. The van der Waals surface area contributed by atoms with Crippen LogP contribution in [0.1, 0.15) is 28.4 Å². The molecule has 1 fully saturated rings. The summed E-state index contributed by atoms with van der Waals surface area (Å²) >= 11 is 1.66. The molecular weight excluding hydrogens is 525 g/mol. The number of sulfonamides is 1. The van der Waals surface area contributed by atoms with Gasteiger partial charge in [0.05, 0.1) is 24.6 Å². The zero-order chi connectivity index (χ0) is 26.0. The van der Waals surface area contributed by atoms with Crippen molar-refractivity contribution in [3.63, 3.8) is 0 Å². The molecule has 7 nitrogen and oxygen atoms in total. The van der Waals surface area contributed by atoms with Crippen LogP contribution in [0.4, 0.5) is 13.2 Å². The number of fused-ring (bicyclic) bond motifs is 1. The highest BCUT2D eigenvalue weighted by molar-refractivity contribution is 7.98. The topological polar surface area (TPSA) is 76.5 Å². The van der Waals surface area contributed by atoms with Crippen molar-refractivity contribution in [2.45, 2.75) is 18.1 Å². The lowest BCUT2D eigenvalue weighted by molar-refractivity contribution is 0.0274. The molecule has 1 aromatic heterocycles. The van der Waals surface area contributed by atoms with E-state index >= 15 is 0 Å². The molecule has 0 bridgehead atoms. The van der Waals surface area contributed by atoms with E-state index in [9.17, 15) is 21.6 Å². The summed E-state index contributed by atoms with van der Waals surface area (Å²) in [5.41, 5.74) is 2.88. The molecule has 2 aromatic carbocycles. The van der Waals surface area contributed by atoms with Crippen molar-refractivity contribution in [2.75, 3.05) is 32.1 Å². The molecule has 0 saturated carbocycles. The Morgan fingerprint density at radius 2 is 1.81 bits per heavy atom. The molecule has 3 heterocycles. The number of hydrazine groups is 1. The fraction of sp³-hybridized carbons (Fsp3) is 0.320. The van der Waals surface area contributed by atoms with Gasteiger partial charge < -0.3 is 4.74 Å². The number of halogens is 3. The highest BCUT2D eigenvalue weighted by atomic mass is 32.2. The maximum atomic E-state index is 14.9. The number of hydrogen-bond acceptors (Lipinski definition) is 6. The first-order chi connectivity index (χ1) is 17.8. The minimum Gasteiger partial charge on any atom is -0.379 e. The molecule has 2 aliphatic rings. The van der Waals surface area contributed by atoms with E-state index in [-0.39, 0.29) is 17.4 Å². The third kappa shape index (κ3) is 6.10. The summed E-state index contributed by atoms with van der Waals surface area (Å²) in [4.78, 5) is 2.51. The molecule has 5 rings (SSSR count). The predicted molar refractivity (Wildman–Crippen MR) is 136 cm³/mol. The average Bonchev–Trinajstić information content (AvgIpc) is 3.24. The average molecular weight is 551 g/mol. The summed E-state index contributed by atoms with van der Waals surface area (Å²) < 4.78 is 74.0. The number of nitrogens with zero attached hydrogens (tertiary/aromatic N) is 3. The zero-order valence-corrected chi connectivity index (χ0v) is 21.4. The summed E-state index contributed by atoms with van der Waals surface area (Å²) in [6.45, 7) is 1.73. The molecule has 3 aromatic rings. The van der Waals surface area contributed by atoms with Crippen molar-refractivity contribution in [2.24, 2.45) is 0 Å². The molecular formula is C25H25F3N4O3S2. The fourth-order valence-electron chi connectivity index (χ4n) is 4.48. The molecule has 1 saturated heterocycles. The number of benzene rings is 2. The van der Waals surface area contributed by atoms with Gasteiger partial charge in [-0.2, -0.15) is 16.9 Å². The second kappa shape index (κ2) is 11.0. The van der Waals surface area contributed by atoms with Crippen LogP contribution in [0.2, 0.25) is 0 Å². The maximum absolute atomic E-state index is 14.9. The fourth-order valence-corrected chi connectivity index (χ4v) is 6.57. The molecule has 1 N–H and O–H groups in total. The third-order valence-corrected chi connectivity index (χ3v) is 8.35. The maximum Gasteiger partial charge on any atom is 0.246 e. The van der Waals surface area contributed by atoms with Crippen molar-refractivity contribution in [3.05, 3.63) is 87.8 Å². The van der Waals surface area contributed by atoms with E-state index in [4.69, 9.17) is 4.74 Å². The highest BCUT2D eigenvalue weighted by Gasteiger charge is 2.30. The molecule has 0 amide bonds. The molecule has 1 atom stereocenters. The Morgan fingerprint density at radius 3 is 2.54 bits per heavy atom. The number of aromatic nitrogens is 2. The lowest BCUT2D eigenvalue weighted by Gasteiger charge is -2.26. The first-order valence-corrected chi connectivity index (χ1v) is 14.4. The lowest BCUT2D eigenvalue weighted by Crippen LogP contribution is -2.47. The van der Waals surface area contributed by atoms with Gasteiger partial charge in [0.15, 0.2) is 5.82 Å². The second-order valence-electron chi connectivity index (χ2n) is 8.84. The van der Waals surface area contributed by atoms with Gasteiger partial charge in [-0.25, -0.2) is 31.3 Å². The molecule has 12 heteroatoms. The largest absolute Gasteiger partial charge is 0.379 e. The van der Waals surface area contributed by atoms with Crippen LogP contribution < -0.4 is 4.83 Å². The van der Waals surface area contributed by atoms with Crippen LogP contribution in [0.15, 0.2) is 47.9 Å². The summed E-state index contributed by atoms with van der Waals surface area (Å²) in [5.74, 6) is -0.669. The molecule has 196 valence electrons. The minimum atomic E-state index is -3.82. The molecule has 1 unspecified atom stereocenters. The molecule has 0 spiro atoms. The number of ether oxygens (including phenoxy) is 1. The normalized spacial score (nSPS) is 18.8. The molecule has 0 radical (unpaired) electrons. The van der Waals surface area contributed by atoms with Crippen molar-refractivity contribution < 1.29 is 26.3 Å². The Morgan fingerprint density at radius 1 is 1.08 bits per heavy atom. The Kier molecular flexibility index (Phi) is 7.72. The summed E-state index contributed by atoms with van der Waals surface area (Å²) in [5, 5.41) is 7.19. The van der Waals surface area contributed by atoms with Gasteiger partial charge in [0.1, 0.15) is 17.3 Å². The number of thioether (sulfide) groups is 1. The van der Waals surface area contributed by atoms with Crippen LogP contribution in [0.5, 0.6) is 0 Å². The monoisotopic (exact) mass is 550 g/mol. The molecule has 2 aliphatic heterocycles. The zero-order valence-electron chi connectivity index (χ0n) is 19.7. The van der Waals surface area contributed by atoms with Gasteiger partial charge in [-0.1, -0.05) is 12.1 Å². The highest BCUT2D eigenvalue weighted by Crippen LogP contribution is 2.39. The number of nitrogens with one attached hydrogen (secondary N) is 1.